The number of hydrogen-bond donors (Lipinski definition) is 1. The molecule has 0 fully saturated rings. The molecule has 2 aromatic carbocycles. The second-order valence-electron chi connectivity index (χ2n) is 10.8. The minimum atomic E-state index is -0.494. The highest BCUT2D eigenvalue weighted by atomic mass is 16.6. The van der Waals surface area contributed by atoms with Crippen LogP contribution in [0.2, 0.25) is 0 Å². The molecule has 7 nitrogen and oxygen atoms in total. The van der Waals surface area contributed by atoms with Crippen molar-refractivity contribution in [3.63, 3.8) is 0 Å². The van der Waals surface area contributed by atoms with E-state index in [1.165, 1.54) is 83.5 Å². The lowest BCUT2D eigenvalue weighted by Gasteiger charge is -2.11. The van der Waals surface area contributed by atoms with Gasteiger partial charge < -0.3 is 14.2 Å². The molecule has 7 heteroatoms. The van der Waals surface area contributed by atoms with Crippen LogP contribution < -0.4 is 19.6 Å². The molecule has 0 aromatic heterocycles. The third-order valence-electron chi connectivity index (χ3n) is 7.21. The van der Waals surface area contributed by atoms with Gasteiger partial charge in [-0.25, -0.2) is 10.2 Å². The van der Waals surface area contributed by atoms with Crippen LogP contribution in [0.4, 0.5) is 0 Å². The van der Waals surface area contributed by atoms with Crippen LogP contribution in [0.3, 0.4) is 0 Å². The van der Waals surface area contributed by atoms with E-state index >= 15 is 0 Å². The number of nitrogens with zero attached hydrogens (tertiary/aromatic N) is 1. The SMILES string of the molecule is CCCCCCCCCCCCCCCCCC(=O)N/N=C/c1ccc(OC(=O)c2ccc(OC)cc2)c(OCC)c1. The maximum atomic E-state index is 12.6. The molecule has 1 N–H and O–H groups in total. The number of carbonyl (C=O) groups excluding carboxylic acids is 2. The van der Waals surface area contributed by atoms with Crippen molar-refractivity contribution >= 4 is 18.1 Å². The lowest BCUT2D eigenvalue weighted by Crippen LogP contribution is -2.16. The number of methoxy groups -OCH3 is 1. The zero-order valence-corrected chi connectivity index (χ0v) is 26.1. The lowest BCUT2D eigenvalue weighted by atomic mass is 10.0. The van der Waals surface area contributed by atoms with Gasteiger partial charge in [-0.05, 0) is 61.4 Å². The van der Waals surface area contributed by atoms with Gasteiger partial charge in [0.15, 0.2) is 11.5 Å². The topological polar surface area (TPSA) is 86.2 Å². The largest absolute Gasteiger partial charge is 0.497 e. The van der Waals surface area contributed by atoms with Crippen molar-refractivity contribution < 1.29 is 23.8 Å². The molecular formula is C35H52N2O5. The molecule has 0 bridgehead atoms. The molecule has 1 amide bonds. The number of nitrogens with one attached hydrogen (secondary N) is 1. The summed E-state index contributed by atoms with van der Waals surface area (Å²) in [6.45, 7) is 4.53. The highest BCUT2D eigenvalue weighted by Crippen LogP contribution is 2.29. The highest BCUT2D eigenvalue weighted by molar-refractivity contribution is 5.91. The summed E-state index contributed by atoms with van der Waals surface area (Å²) in [5, 5.41) is 4.09. The third kappa shape index (κ3) is 15.0. The molecule has 42 heavy (non-hydrogen) atoms. The van der Waals surface area contributed by atoms with Crippen LogP contribution in [0, 0.1) is 0 Å². The fraction of sp³-hybridized carbons (Fsp3) is 0.571. The summed E-state index contributed by atoms with van der Waals surface area (Å²) >= 11 is 0. The summed E-state index contributed by atoms with van der Waals surface area (Å²) in [7, 11) is 1.57. The Balaban J connectivity index is 1.60. The Bertz CT molecular complexity index is 1050. The van der Waals surface area contributed by atoms with E-state index in [0.29, 0.717) is 35.8 Å². The summed E-state index contributed by atoms with van der Waals surface area (Å²) in [4.78, 5) is 24.7. The van der Waals surface area contributed by atoms with E-state index in [1.54, 1.807) is 55.8 Å². The monoisotopic (exact) mass is 580 g/mol. The van der Waals surface area contributed by atoms with Crippen molar-refractivity contribution in [3.05, 3.63) is 53.6 Å². The average Bonchev–Trinajstić information content (AvgIpc) is 3.00. The van der Waals surface area contributed by atoms with Gasteiger partial charge in [0.25, 0.3) is 0 Å². The van der Waals surface area contributed by atoms with Gasteiger partial charge in [-0.15, -0.1) is 0 Å². The molecule has 0 aliphatic rings. The highest BCUT2D eigenvalue weighted by Gasteiger charge is 2.13. The van der Waals surface area contributed by atoms with Gasteiger partial charge in [-0.2, -0.15) is 5.10 Å². The quantitative estimate of drug-likeness (QED) is 0.0466. The van der Waals surface area contributed by atoms with Crippen LogP contribution in [0.5, 0.6) is 17.2 Å². The smallest absolute Gasteiger partial charge is 0.343 e. The molecule has 2 rings (SSSR count). The number of hydrogen-bond acceptors (Lipinski definition) is 6. The van der Waals surface area contributed by atoms with Crippen LogP contribution >= 0.6 is 0 Å². The van der Waals surface area contributed by atoms with E-state index in [9.17, 15) is 9.59 Å². The van der Waals surface area contributed by atoms with Crippen LogP contribution in [-0.2, 0) is 4.79 Å². The summed E-state index contributed by atoms with van der Waals surface area (Å²) in [5.41, 5.74) is 3.72. The molecule has 0 unspecified atom stereocenters. The van der Waals surface area contributed by atoms with Gasteiger partial charge in [-0.1, -0.05) is 96.8 Å². The number of rotatable bonds is 23. The molecule has 0 heterocycles. The van der Waals surface area contributed by atoms with Gasteiger partial charge in [0.1, 0.15) is 5.75 Å². The van der Waals surface area contributed by atoms with Crippen molar-refractivity contribution in [1.29, 1.82) is 0 Å². The van der Waals surface area contributed by atoms with E-state index in [4.69, 9.17) is 14.2 Å². The number of esters is 1. The zero-order valence-electron chi connectivity index (χ0n) is 26.1. The Morgan fingerprint density at radius 1 is 0.738 bits per heavy atom. The minimum Gasteiger partial charge on any atom is -0.497 e. The lowest BCUT2D eigenvalue weighted by molar-refractivity contribution is -0.121. The Morgan fingerprint density at radius 2 is 1.31 bits per heavy atom. The molecule has 0 saturated heterocycles. The fourth-order valence-electron chi connectivity index (χ4n) is 4.74. The molecular weight excluding hydrogens is 528 g/mol. The number of amides is 1. The Morgan fingerprint density at radius 3 is 1.86 bits per heavy atom. The van der Waals surface area contributed by atoms with Gasteiger partial charge in [0, 0.05) is 6.42 Å². The van der Waals surface area contributed by atoms with Crippen LogP contribution in [0.25, 0.3) is 0 Å². The molecule has 2 aromatic rings. The van der Waals surface area contributed by atoms with Crippen LogP contribution in [0.15, 0.2) is 47.6 Å². The third-order valence-corrected chi connectivity index (χ3v) is 7.21. The van der Waals surface area contributed by atoms with E-state index in [1.807, 2.05) is 6.92 Å². The van der Waals surface area contributed by atoms with Crippen molar-refractivity contribution in [2.24, 2.45) is 5.10 Å². The second kappa shape index (κ2) is 22.3. The van der Waals surface area contributed by atoms with E-state index in [-0.39, 0.29) is 5.91 Å². The summed E-state index contributed by atoms with van der Waals surface area (Å²) in [5.74, 6) is 0.814. The standard InChI is InChI=1S/C35H52N2O5/c1-4-6-7-8-9-10-11-12-13-14-15-16-17-18-19-20-34(38)37-36-28-29-21-26-32(33(27-29)41-5-2)42-35(39)30-22-24-31(40-3)25-23-30/h21-28H,4-20H2,1-3H3,(H,37,38)/b36-28+. The predicted octanol–water partition coefficient (Wildman–Crippen LogP) is 9.02. The van der Waals surface area contributed by atoms with Crippen LogP contribution in [0.1, 0.15) is 133 Å². The Labute approximate surface area is 253 Å². The normalized spacial score (nSPS) is 11.0. The maximum Gasteiger partial charge on any atom is 0.343 e. The average molecular weight is 581 g/mol. The minimum absolute atomic E-state index is 0.0870. The molecule has 0 aliphatic heterocycles. The van der Waals surface area contributed by atoms with E-state index in [0.717, 1.165) is 18.4 Å². The first-order valence-corrected chi connectivity index (χ1v) is 16.0. The molecule has 0 spiro atoms. The molecule has 0 saturated carbocycles. The van der Waals surface area contributed by atoms with Crippen LogP contribution in [-0.4, -0.2) is 31.8 Å². The first-order chi connectivity index (χ1) is 20.6. The molecule has 0 radical (unpaired) electrons. The van der Waals surface area contributed by atoms with Gasteiger partial charge in [0.05, 0.1) is 25.5 Å². The van der Waals surface area contributed by atoms with Gasteiger partial charge >= 0.3 is 5.97 Å². The Hall–Kier alpha value is -3.35. The zero-order chi connectivity index (χ0) is 30.3. The molecule has 0 aliphatic carbocycles. The predicted molar refractivity (Wildman–Crippen MR) is 171 cm³/mol. The number of ether oxygens (including phenoxy) is 3. The summed E-state index contributed by atoms with van der Waals surface area (Å²) in [6.07, 6.45) is 21.5. The first kappa shape index (κ1) is 34.8. The van der Waals surface area contributed by atoms with Crippen molar-refractivity contribution in [2.75, 3.05) is 13.7 Å². The fourth-order valence-corrected chi connectivity index (χ4v) is 4.74. The van der Waals surface area contributed by atoms with E-state index in [2.05, 4.69) is 17.5 Å². The van der Waals surface area contributed by atoms with Crippen molar-refractivity contribution in [3.8, 4) is 17.2 Å². The van der Waals surface area contributed by atoms with Gasteiger partial charge in [-0.3, -0.25) is 4.79 Å². The summed E-state index contributed by atoms with van der Waals surface area (Å²) in [6, 6.07) is 11.8. The molecule has 0 atom stereocenters. The number of hydrazone groups is 1. The van der Waals surface area contributed by atoms with E-state index < -0.39 is 5.97 Å². The molecule has 232 valence electrons. The van der Waals surface area contributed by atoms with Gasteiger partial charge in [0.2, 0.25) is 5.91 Å². The number of benzene rings is 2. The van der Waals surface area contributed by atoms with Crippen molar-refractivity contribution in [1.82, 2.24) is 5.43 Å². The number of unbranched alkanes of at least 4 members (excludes halogenated alkanes) is 14. The first-order valence-electron chi connectivity index (χ1n) is 16.0. The maximum absolute atomic E-state index is 12.6. The number of carbonyl (C=O) groups is 2. The summed E-state index contributed by atoms with van der Waals surface area (Å²) < 4.78 is 16.4. The second-order valence-corrected chi connectivity index (χ2v) is 10.8. The Kier molecular flexibility index (Phi) is 18.5. The van der Waals surface area contributed by atoms with Crippen molar-refractivity contribution in [2.45, 2.75) is 117 Å².